The maximum atomic E-state index is 12.5. The normalized spacial score (nSPS) is 17.9. The molecule has 1 aliphatic heterocycles. The van der Waals surface area contributed by atoms with E-state index in [1.54, 1.807) is 0 Å². The van der Waals surface area contributed by atoms with Crippen molar-refractivity contribution in [2.24, 2.45) is 5.92 Å². The van der Waals surface area contributed by atoms with Crippen molar-refractivity contribution in [1.82, 2.24) is 0 Å². The van der Waals surface area contributed by atoms with Crippen LogP contribution in [0.15, 0.2) is 54.6 Å². The van der Waals surface area contributed by atoms with E-state index in [4.69, 9.17) is 0 Å². The number of rotatable bonds is 4. The lowest BCUT2D eigenvalue weighted by molar-refractivity contribution is -0.274. The van der Waals surface area contributed by atoms with Gasteiger partial charge in [-0.3, -0.25) is 14.5 Å². The van der Waals surface area contributed by atoms with Gasteiger partial charge in [0, 0.05) is 6.42 Å². The van der Waals surface area contributed by atoms with E-state index in [9.17, 15) is 22.8 Å². The van der Waals surface area contributed by atoms with E-state index in [1.165, 1.54) is 12.1 Å². The van der Waals surface area contributed by atoms with E-state index in [0.29, 0.717) is 6.42 Å². The Bertz CT molecular complexity index is 772. The highest BCUT2D eigenvalue weighted by Gasteiger charge is 2.39. The monoisotopic (exact) mass is 349 g/mol. The van der Waals surface area contributed by atoms with Crippen molar-refractivity contribution in [3.63, 3.8) is 0 Å². The molecule has 3 rings (SSSR count). The average molecular weight is 349 g/mol. The standard InChI is InChI=1S/C18H14F3NO3/c19-18(20,21)25-15-8-6-14(7-9-15)22-16(23)11-13(17(22)24)10-12-4-2-1-3-5-12/h1-9,13H,10-11H2/t13-/m1/s1. The van der Waals surface area contributed by atoms with E-state index in [2.05, 4.69) is 4.74 Å². The van der Waals surface area contributed by atoms with Gasteiger partial charge in [-0.25, -0.2) is 0 Å². The van der Waals surface area contributed by atoms with Crippen molar-refractivity contribution < 1.29 is 27.5 Å². The van der Waals surface area contributed by atoms with Gasteiger partial charge in [-0.2, -0.15) is 0 Å². The number of imide groups is 1. The zero-order valence-corrected chi connectivity index (χ0v) is 13.0. The summed E-state index contributed by atoms with van der Waals surface area (Å²) in [5.74, 6) is -1.59. The highest BCUT2D eigenvalue weighted by Crippen LogP contribution is 2.31. The minimum atomic E-state index is -4.79. The van der Waals surface area contributed by atoms with Crippen LogP contribution in [0.5, 0.6) is 5.75 Å². The molecule has 1 atom stereocenters. The molecule has 0 saturated carbocycles. The number of nitrogens with zero attached hydrogens (tertiary/aromatic N) is 1. The number of halogens is 3. The van der Waals surface area contributed by atoms with Crippen LogP contribution >= 0.6 is 0 Å². The lowest BCUT2D eigenvalue weighted by atomic mass is 9.98. The van der Waals surface area contributed by atoms with E-state index < -0.39 is 18.0 Å². The Morgan fingerprint density at radius 1 is 1.00 bits per heavy atom. The summed E-state index contributed by atoms with van der Waals surface area (Å²) in [6.45, 7) is 0. The second kappa shape index (κ2) is 6.58. The van der Waals surface area contributed by atoms with Gasteiger partial charge in [-0.15, -0.1) is 13.2 Å². The third kappa shape index (κ3) is 3.99. The molecule has 130 valence electrons. The highest BCUT2D eigenvalue weighted by molar-refractivity contribution is 6.21. The van der Waals surface area contributed by atoms with Gasteiger partial charge < -0.3 is 4.74 Å². The molecule has 2 aromatic carbocycles. The van der Waals surface area contributed by atoms with Crippen molar-refractivity contribution >= 4 is 17.5 Å². The molecular formula is C18H14F3NO3. The summed E-state index contributed by atoms with van der Waals surface area (Å²) in [5, 5.41) is 0. The van der Waals surface area contributed by atoms with Crippen LogP contribution in [0.25, 0.3) is 0 Å². The van der Waals surface area contributed by atoms with Crippen LogP contribution in [-0.4, -0.2) is 18.2 Å². The number of carbonyl (C=O) groups excluding carboxylic acids is 2. The second-order valence-corrected chi connectivity index (χ2v) is 5.70. The summed E-state index contributed by atoms with van der Waals surface area (Å²) in [5.41, 5.74) is 1.18. The van der Waals surface area contributed by atoms with Crippen molar-refractivity contribution in [2.45, 2.75) is 19.2 Å². The summed E-state index contributed by atoms with van der Waals surface area (Å²) in [6, 6.07) is 14.0. The number of carbonyl (C=O) groups is 2. The molecule has 4 nitrogen and oxygen atoms in total. The van der Waals surface area contributed by atoms with Gasteiger partial charge in [0.15, 0.2) is 0 Å². The van der Waals surface area contributed by atoms with Crippen LogP contribution in [0, 0.1) is 5.92 Å². The number of ether oxygens (including phenoxy) is 1. The minimum absolute atomic E-state index is 0.0779. The Hall–Kier alpha value is -2.83. The Morgan fingerprint density at radius 3 is 2.24 bits per heavy atom. The molecular weight excluding hydrogens is 335 g/mol. The lowest BCUT2D eigenvalue weighted by Gasteiger charge is -2.16. The van der Waals surface area contributed by atoms with E-state index >= 15 is 0 Å². The molecule has 2 amide bonds. The van der Waals surface area contributed by atoms with E-state index in [-0.39, 0.29) is 23.9 Å². The number of hydrogen-bond donors (Lipinski definition) is 0. The number of alkyl halides is 3. The van der Waals surface area contributed by atoms with Gasteiger partial charge in [-0.1, -0.05) is 30.3 Å². The second-order valence-electron chi connectivity index (χ2n) is 5.70. The number of amides is 2. The average Bonchev–Trinajstić information content (AvgIpc) is 2.82. The van der Waals surface area contributed by atoms with Crippen LogP contribution < -0.4 is 9.64 Å². The fourth-order valence-electron chi connectivity index (χ4n) is 2.82. The van der Waals surface area contributed by atoms with Crippen molar-refractivity contribution in [1.29, 1.82) is 0 Å². The van der Waals surface area contributed by atoms with Crippen LogP contribution in [0.3, 0.4) is 0 Å². The first-order valence-electron chi connectivity index (χ1n) is 7.60. The molecule has 25 heavy (non-hydrogen) atoms. The first-order chi connectivity index (χ1) is 11.8. The SMILES string of the molecule is O=C1C[C@@H](Cc2ccccc2)C(=O)N1c1ccc(OC(F)(F)F)cc1. The van der Waals surface area contributed by atoms with Crippen LogP contribution in [0.1, 0.15) is 12.0 Å². The van der Waals surface area contributed by atoms with Crippen molar-refractivity contribution in [3.05, 3.63) is 60.2 Å². The van der Waals surface area contributed by atoms with Crippen LogP contribution in [0.4, 0.5) is 18.9 Å². The van der Waals surface area contributed by atoms with Gasteiger partial charge >= 0.3 is 6.36 Å². The Morgan fingerprint density at radius 2 is 1.64 bits per heavy atom. The summed E-state index contributed by atoms with van der Waals surface area (Å²) >= 11 is 0. The summed E-state index contributed by atoms with van der Waals surface area (Å²) in [4.78, 5) is 25.7. The molecule has 1 heterocycles. The molecule has 1 fully saturated rings. The van der Waals surface area contributed by atoms with Crippen molar-refractivity contribution in [3.8, 4) is 5.75 Å². The molecule has 0 spiro atoms. The predicted molar refractivity (Wildman–Crippen MR) is 83.9 cm³/mol. The first-order valence-corrected chi connectivity index (χ1v) is 7.60. The van der Waals surface area contributed by atoms with Gasteiger partial charge in [0.05, 0.1) is 11.6 Å². The quantitative estimate of drug-likeness (QED) is 0.791. The van der Waals surface area contributed by atoms with E-state index in [1.807, 2.05) is 30.3 Å². The molecule has 1 saturated heterocycles. The predicted octanol–water partition coefficient (Wildman–Crippen LogP) is 3.71. The molecule has 0 unspecified atom stereocenters. The number of benzene rings is 2. The number of anilines is 1. The largest absolute Gasteiger partial charge is 0.573 e. The summed E-state index contributed by atoms with van der Waals surface area (Å²) in [6.07, 6.45) is -4.27. The van der Waals surface area contributed by atoms with Gasteiger partial charge in [0.1, 0.15) is 5.75 Å². The Balaban J connectivity index is 1.74. The fraction of sp³-hybridized carbons (Fsp3) is 0.222. The summed E-state index contributed by atoms with van der Waals surface area (Å²) in [7, 11) is 0. The van der Waals surface area contributed by atoms with Gasteiger partial charge in [0.2, 0.25) is 11.8 Å². The highest BCUT2D eigenvalue weighted by atomic mass is 19.4. The van der Waals surface area contributed by atoms with Gasteiger partial charge in [0.25, 0.3) is 0 Å². The maximum Gasteiger partial charge on any atom is 0.573 e. The Labute approximate surface area is 141 Å². The lowest BCUT2D eigenvalue weighted by Crippen LogP contribution is -2.30. The summed E-state index contributed by atoms with van der Waals surface area (Å²) < 4.78 is 40.3. The smallest absolute Gasteiger partial charge is 0.406 e. The van der Waals surface area contributed by atoms with Crippen LogP contribution in [-0.2, 0) is 16.0 Å². The molecule has 0 aliphatic carbocycles. The maximum absolute atomic E-state index is 12.5. The molecule has 0 N–H and O–H groups in total. The van der Waals surface area contributed by atoms with E-state index in [0.717, 1.165) is 22.6 Å². The molecule has 7 heteroatoms. The Kier molecular flexibility index (Phi) is 4.48. The zero-order chi connectivity index (χ0) is 18.0. The topological polar surface area (TPSA) is 46.6 Å². The van der Waals surface area contributed by atoms with Crippen LogP contribution in [0.2, 0.25) is 0 Å². The third-order valence-electron chi connectivity index (χ3n) is 3.89. The minimum Gasteiger partial charge on any atom is -0.406 e. The number of hydrogen-bond acceptors (Lipinski definition) is 3. The van der Waals surface area contributed by atoms with Gasteiger partial charge in [-0.05, 0) is 36.2 Å². The molecule has 0 aromatic heterocycles. The molecule has 0 bridgehead atoms. The van der Waals surface area contributed by atoms with Crippen molar-refractivity contribution in [2.75, 3.05) is 4.90 Å². The fourth-order valence-corrected chi connectivity index (χ4v) is 2.82. The molecule has 1 aliphatic rings. The first kappa shape index (κ1) is 17.0. The zero-order valence-electron chi connectivity index (χ0n) is 13.0. The molecule has 0 radical (unpaired) electrons. The molecule has 2 aromatic rings. The third-order valence-corrected chi connectivity index (χ3v) is 3.89.